The zero-order valence-corrected chi connectivity index (χ0v) is 12.6. The van der Waals surface area contributed by atoms with Gasteiger partial charge in [-0.25, -0.2) is 0 Å². The summed E-state index contributed by atoms with van der Waals surface area (Å²) >= 11 is 6.13. The van der Waals surface area contributed by atoms with Crippen molar-refractivity contribution in [3.05, 3.63) is 52.3 Å². The molecule has 0 aliphatic carbocycles. The number of aryl methyl sites for hydroxylation is 2. The number of rotatable bonds is 4. The molecule has 1 heterocycles. The molecule has 0 aliphatic rings. The van der Waals surface area contributed by atoms with E-state index in [4.69, 9.17) is 16.3 Å². The number of hydrogen-bond donors (Lipinski definition) is 1. The fourth-order valence-electron chi connectivity index (χ4n) is 1.96. The summed E-state index contributed by atoms with van der Waals surface area (Å²) < 4.78 is 5.76. The number of hydrogen-bond acceptors (Lipinski definition) is 3. The van der Waals surface area contributed by atoms with E-state index in [0.717, 1.165) is 21.9 Å². The van der Waals surface area contributed by atoms with E-state index in [2.05, 4.69) is 4.98 Å². The first kappa shape index (κ1) is 14.8. The Morgan fingerprint density at radius 2 is 1.85 bits per heavy atom. The van der Waals surface area contributed by atoms with Gasteiger partial charge in [0.25, 0.3) is 0 Å². The zero-order valence-electron chi connectivity index (χ0n) is 11.9. The Balaban J connectivity index is 2.18. The van der Waals surface area contributed by atoms with E-state index in [1.807, 2.05) is 32.9 Å². The van der Waals surface area contributed by atoms with Gasteiger partial charge in [0.1, 0.15) is 11.5 Å². The highest BCUT2D eigenvalue weighted by atomic mass is 35.5. The fraction of sp³-hybridized carbons (Fsp3) is 0.312. The molecule has 2 rings (SSSR count). The van der Waals surface area contributed by atoms with Crippen molar-refractivity contribution >= 4 is 11.6 Å². The molecule has 1 unspecified atom stereocenters. The Morgan fingerprint density at radius 3 is 2.35 bits per heavy atom. The van der Waals surface area contributed by atoms with Crippen LogP contribution in [0.4, 0.5) is 0 Å². The van der Waals surface area contributed by atoms with E-state index in [1.165, 1.54) is 0 Å². The topological polar surface area (TPSA) is 42.4 Å². The third kappa shape index (κ3) is 3.30. The van der Waals surface area contributed by atoms with Gasteiger partial charge in [0.05, 0.1) is 18.0 Å². The van der Waals surface area contributed by atoms with Gasteiger partial charge < -0.3 is 9.84 Å². The lowest BCUT2D eigenvalue weighted by Crippen LogP contribution is -1.98. The van der Waals surface area contributed by atoms with Crippen molar-refractivity contribution in [1.29, 1.82) is 0 Å². The van der Waals surface area contributed by atoms with Crippen LogP contribution in [0.2, 0.25) is 5.02 Å². The molecule has 3 nitrogen and oxygen atoms in total. The number of pyridine rings is 1. The number of aromatic nitrogens is 1. The molecule has 0 radical (unpaired) electrons. The first-order valence-electron chi connectivity index (χ1n) is 6.60. The van der Waals surface area contributed by atoms with E-state index in [9.17, 15) is 5.11 Å². The molecular formula is C16H18ClNO2. The van der Waals surface area contributed by atoms with Gasteiger partial charge in [-0.1, -0.05) is 18.5 Å². The van der Waals surface area contributed by atoms with Crippen LogP contribution in [-0.4, -0.2) is 10.1 Å². The van der Waals surface area contributed by atoms with Crippen molar-refractivity contribution in [3.8, 4) is 11.5 Å². The van der Waals surface area contributed by atoms with E-state index in [0.29, 0.717) is 17.9 Å². The molecule has 1 aromatic heterocycles. The van der Waals surface area contributed by atoms with Crippen molar-refractivity contribution in [2.75, 3.05) is 0 Å². The maximum atomic E-state index is 9.70. The Labute approximate surface area is 124 Å². The number of nitrogens with zero attached hydrogens (tertiary/aromatic N) is 1. The quantitative estimate of drug-likeness (QED) is 0.896. The second-order valence-corrected chi connectivity index (χ2v) is 5.19. The summed E-state index contributed by atoms with van der Waals surface area (Å²) in [4.78, 5) is 4.21. The van der Waals surface area contributed by atoms with Gasteiger partial charge in [-0.3, -0.25) is 4.98 Å². The monoisotopic (exact) mass is 291 g/mol. The van der Waals surface area contributed by atoms with Crippen LogP contribution in [0, 0.1) is 13.8 Å². The molecular weight excluding hydrogens is 274 g/mol. The van der Waals surface area contributed by atoms with Crippen LogP contribution in [0.15, 0.2) is 30.5 Å². The smallest absolute Gasteiger partial charge is 0.145 e. The van der Waals surface area contributed by atoms with Gasteiger partial charge >= 0.3 is 0 Å². The van der Waals surface area contributed by atoms with Crippen LogP contribution < -0.4 is 4.74 Å². The molecule has 0 saturated carbocycles. The molecule has 106 valence electrons. The molecule has 0 saturated heterocycles. The Hall–Kier alpha value is -1.58. The minimum Gasteiger partial charge on any atom is -0.456 e. The Kier molecular flexibility index (Phi) is 4.63. The van der Waals surface area contributed by atoms with Crippen LogP contribution in [0.1, 0.15) is 36.3 Å². The third-order valence-corrected chi connectivity index (χ3v) is 3.73. The summed E-state index contributed by atoms with van der Waals surface area (Å²) in [6.45, 7) is 5.80. The standard InChI is InChI=1S/C16H18ClNO2/c1-4-15(19)14-6-5-12(9-18-14)20-13-7-10(2)16(17)11(3)8-13/h5-9,15,19H,4H2,1-3H3. The van der Waals surface area contributed by atoms with Crippen molar-refractivity contribution in [1.82, 2.24) is 4.98 Å². The molecule has 2 aromatic rings. The first-order chi connectivity index (χ1) is 9.51. The number of benzene rings is 1. The second kappa shape index (κ2) is 6.25. The van der Waals surface area contributed by atoms with Gasteiger partial charge in [-0.05, 0) is 55.7 Å². The maximum absolute atomic E-state index is 9.70. The molecule has 1 N–H and O–H groups in total. The molecule has 4 heteroatoms. The average Bonchev–Trinajstić information content (AvgIpc) is 2.44. The Bertz CT molecular complexity index is 573. The largest absolute Gasteiger partial charge is 0.456 e. The van der Waals surface area contributed by atoms with Crippen LogP contribution in [0.5, 0.6) is 11.5 Å². The van der Waals surface area contributed by atoms with Crippen molar-refractivity contribution in [2.24, 2.45) is 0 Å². The molecule has 0 aliphatic heterocycles. The lowest BCUT2D eigenvalue weighted by atomic mass is 10.1. The summed E-state index contributed by atoms with van der Waals surface area (Å²) in [5.41, 5.74) is 2.61. The van der Waals surface area contributed by atoms with Crippen LogP contribution >= 0.6 is 11.6 Å². The fourth-order valence-corrected chi connectivity index (χ4v) is 2.07. The summed E-state index contributed by atoms with van der Waals surface area (Å²) in [5.74, 6) is 1.37. The van der Waals surface area contributed by atoms with E-state index >= 15 is 0 Å². The van der Waals surface area contributed by atoms with E-state index in [1.54, 1.807) is 18.3 Å². The normalized spacial score (nSPS) is 12.2. The van der Waals surface area contributed by atoms with Gasteiger partial charge in [0, 0.05) is 5.02 Å². The lowest BCUT2D eigenvalue weighted by Gasteiger charge is -2.11. The lowest BCUT2D eigenvalue weighted by molar-refractivity contribution is 0.169. The molecule has 20 heavy (non-hydrogen) atoms. The predicted octanol–water partition coefficient (Wildman–Crippen LogP) is 4.59. The van der Waals surface area contributed by atoms with Crippen LogP contribution in [-0.2, 0) is 0 Å². The summed E-state index contributed by atoms with van der Waals surface area (Å²) in [7, 11) is 0. The SMILES string of the molecule is CCC(O)c1ccc(Oc2cc(C)c(Cl)c(C)c2)cn1. The molecule has 0 amide bonds. The molecule has 0 bridgehead atoms. The molecule has 0 spiro atoms. The van der Waals surface area contributed by atoms with Gasteiger partial charge in [0.2, 0.25) is 0 Å². The highest BCUT2D eigenvalue weighted by Gasteiger charge is 2.08. The van der Waals surface area contributed by atoms with Crippen molar-refractivity contribution in [3.63, 3.8) is 0 Å². The first-order valence-corrected chi connectivity index (χ1v) is 6.97. The molecule has 0 fully saturated rings. The number of aliphatic hydroxyl groups excluding tert-OH is 1. The van der Waals surface area contributed by atoms with E-state index in [-0.39, 0.29) is 0 Å². The minimum absolute atomic E-state index is 0.524. The average molecular weight is 292 g/mol. The highest BCUT2D eigenvalue weighted by molar-refractivity contribution is 6.32. The summed E-state index contributed by atoms with van der Waals surface area (Å²) in [5, 5.41) is 10.5. The number of halogens is 1. The maximum Gasteiger partial charge on any atom is 0.145 e. The second-order valence-electron chi connectivity index (χ2n) is 4.82. The predicted molar refractivity (Wildman–Crippen MR) is 80.5 cm³/mol. The number of ether oxygens (including phenoxy) is 1. The van der Waals surface area contributed by atoms with Crippen molar-refractivity contribution in [2.45, 2.75) is 33.3 Å². The van der Waals surface area contributed by atoms with Gasteiger partial charge in [0.15, 0.2) is 0 Å². The molecule has 1 atom stereocenters. The number of aliphatic hydroxyl groups is 1. The third-order valence-electron chi connectivity index (χ3n) is 3.13. The van der Waals surface area contributed by atoms with Gasteiger partial charge in [-0.15, -0.1) is 0 Å². The van der Waals surface area contributed by atoms with Crippen molar-refractivity contribution < 1.29 is 9.84 Å². The Morgan fingerprint density at radius 1 is 1.20 bits per heavy atom. The van der Waals surface area contributed by atoms with E-state index < -0.39 is 6.10 Å². The minimum atomic E-state index is -0.524. The van der Waals surface area contributed by atoms with Gasteiger partial charge in [-0.2, -0.15) is 0 Å². The van der Waals surface area contributed by atoms with Crippen LogP contribution in [0.3, 0.4) is 0 Å². The summed E-state index contributed by atoms with van der Waals surface area (Å²) in [6, 6.07) is 7.37. The summed E-state index contributed by atoms with van der Waals surface area (Å²) in [6.07, 6.45) is 1.74. The molecule has 1 aromatic carbocycles. The highest BCUT2D eigenvalue weighted by Crippen LogP contribution is 2.29. The van der Waals surface area contributed by atoms with Crippen LogP contribution in [0.25, 0.3) is 0 Å². The zero-order chi connectivity index (χ0) is 14.7.